The lowest BCUT2D eigenvalue weighted by atomic mass is 10.2. The Morgan fingerprint density at radius 3 is 2.53 bits per heavy atom. The normalized spacial score (nSPS) is 15.0. The summed E-state index contributed by atoms with van der Waals surface area (Å²) in [5, 5.41) is 0.737. The van der Waals surface area contributed by atoms with Crippen LogP contribution in [0.25, 0.3) is 0 Å². The Bertz CT molecular complexity index is 981. The summed E-state index contributed by atoms with van der Waals surface area (Å²) >= 11 is 1.52. The molecule has 1 aliphatic heterocycles. The largest absolute Gasteiger partial charge is 0.337 e. The van der Waals surface area contributed by atoms with Gasteiger partial charge >= 0.3 is 0 Å². The van der Waals surface area contributed by atoms with E-state index >= 15 is 0 Å². The SMILES string of the molecule is O=C(c1cccnc1Sc1ccccc1)N1CCCN(Cc2ccc(F)cc2)CC1. The molecule has 3 aromatic rings. The Morgan fingerprint density at radius 1 is 0.933 bits per heavy atom. The lowest BCUT2D eigenvalue weighted by Crippen LogP contribution is -2.35. The Kier molecular flexibility index (Phi) is 6.77. The molecule has 1 aliphatic rings. The van der Waals surface area contributed by atoms with Crippen molar-refractivity contribution in [3.8, 4) is 0 Å². The van der Waals surface area contributed by atoms with Crippen molar-refractivity contribution in [2.24, 2.45) is 0 Å². The molecule has 0 saturated carbocycles. The van der Waals surface area contributed by atoms with Gasteiger partial charge in [-0.25, -0.2) is 9.37 Å². The molecule has 2 heterocycles. The summed E-state index contributed by atoms with van der Waals surface area (Å²) in [7, 11) is 0. The van der Waals surface area contributed by atoms with Gasteiger partial charge in [0.25, 0.3) is 5.91 Å². The first-order chi connectivity index (χ1) is 14.7. The molecule has 30 heavy (non-hydrogen) atoms. The second-order valence-corrected chi connectivity index (χ2v) is 8.38. The van der Waals surface area contributed by atoms with Gasteiger partial charge in [-0.05, 0) is 48.4 Å². The highest BCUT2D eigenvalue weighted by Crippen LogP contribution is 2.29. The zero-order chi connectivity index (χ0) is 20.8. The van der Waals surface area contributed by atoms with Gasteiger partial charge in [0.1, 0.15) is 10.8 Å². The molecule has 1 fully saturated rings. The molecule has 0 aliphatic carbocycles. The first-order valence-corrected chi connectivity index (χ1v) is 10.9. The van der Waals surface area contributed by atoms with Crippen LogP contribution in [-0.4, -0.2) is 46.9 Å². The number of rotatable bonds is 5. The average molecular weight is 422 g/mol. The van der Waals surface area contributed by atoms with E-state index in [-0.39, 0.29) is 11.7 Å². The number of amides is 1. The van der Waals surface area contributed by atoms with Crippen molar-refractivity contribution in [2.75, 3.05) is 26.2 Å². The molecule has 1 saturated heterocycles. The number of aromatic nitrogens is 1. The maximum Gasteiger partial charge on any atom is 0.256 e. The van der Waals surface area contributed by atoms with Crippen LogP contribution in [0.15, 0.2) is 82.8 Å². The van der Waals surface area contributed by atoms with Crippen LogP contribution in [0.4, 0.5) is 4.39 Å². The van der Waals surface area contributed by atoms with E-state index in [1.54, 1.807) is 6.20 Å². The van der Waals surface area contributed by atoms with Crippen molar-refractivity contribution in [3.05, 3.63) is 89.9 Å². The highest BCUT2D eigenvalue weighted by atomic mass is 32.2. The monoisotopic (exact) mass is 421 g/mol. The first kappa shape index (κ1) is 20.6. The molecule has 0 spiro atoms. The maximum absolute atomic E-state index is 13.3. The second kappa shape index (κ2) is 9.87. The van der Waals surface area contributed by atoms with Gasteiger partial charge in [0.2, 0.25) is 0 Å². The smallest absolute Gasteiger partial charge is 0.256 e. The fraction of sp³-hybridized carbons (Fsp3) is 0.250. The number of hydrogen-bond acceptors (Lipinski definition) is 4. The standard InChI is InChI=1S/C24H24FN3OS/c25-20-11-9-19(10-12-20)18-27-14-5-15-28(17-16-27)24(29)22-8-4-13-26-23(22)30-21-6-2-1-3-7-21/h1-4,6-13H,5,14-18H2. The number of hydrogen-bond donors (Lipinski definition) is 0. The van der Waals surface area contributed by atoms with E-state index in [1.165, 1.54) is 23.9 Å². The number of halogens is 1. The van der Waals surface area contributed by atoms with E-state index in [9.17, 15) is 9.18 Å². The predicted octanol–water partition coefficient (Wildman–Crippen LogP) is 4.72. The number of carbonyl (C=O) groups is 1. The van der Waals surface area contributed by atoms with Crippen LogP contribution < -0.4 is 0 Å². The van der Waals surface area contributed by atoms with E-state index < -0.39 is 0 Å². The molecule has 1 aromatic heterocycles. The summed E-state index contributed by atoms with van der Waals surface area (Å²) in [6.45, 7) is 3.88. The highest BCUT2D eigenvalue weighted by Gasteiger charge is 2.23. The van der Waals surface area contributed by atoms with Crippen molar-refractivity contribution in [1.29, 1.82) is 0 Å². The third-order valence-corrected chi connectivity index (χ3v) is 6.18. The van der Waals surface area contributed by atoms with Gasteiger partial charge in [-0.15, -0.1) is 0 Å². The van der Waals surface area contributed by atoms with Crippen molar-refractivity contribution in [2.45, 2.75) is 22.9 Å². The zero-order valence-electron chi connectivity index (χ0n) is 16.7. The molecule has 0 atom stereocenters. The van der Waals surface area contributed by atoms with Crippen LogP contribution in [-0.2, 0) is 6.54 Å². The van der Waals surface area contributed by atoms with Crippen LogP contribution in [0.1, 0.15) is 22.3 Å². The molecular weight excluding hydrogens is 397 g/mol. The molecule has 0 radical (unpaired) electrons. The molecule has 1 amide bonds. The minimum atomic E-state index is -0.216. The van der Waals surface area contributed by atoms with E-state index in [0.717, 1.165) is 48.1 Å². The number of carbonyl (C=O) groups excluding carboxylic acids is 1. The van der Waals surface area contributed by atoms with Crippen LogP contribution in [0.3, 0.4) is 0 Å². The molecular formula is C24H24FN3OS. The van der Waals surface area contributed by atoms with E-state index in [1.807, 2.05) is 59.5 Å². The number of benzene rings is 2. The van der Waals surface area contributed by atoms with Crippen molar-refractivity contribution in [1.82, 2.24) is 14.8 Å². The quantitative estimate of drug-likeness (QED) is 0.597. The molecule has 2 aromatic carbocycles. The van der Waals surface area contributed by atoms with Crippen molar-refractivity contribution < 1.29 is 9.18 Å². The summed E-state index contributed by atoms with van der Waals surface area (Å²) in [5.41, 5.74) is 1.74. The minimum Gasteiger partial charge on any atom is -0.337 e. The van der Waals surface area contributed by atoms with Gasteiger partial charge < -0.3 is 4.90 Å². The van der Waals surface area contributed by atoms with Crippen LogP contribution >= 0.6 is 11.8 Å². The molecule has 6 heteroatoms. The molecule has 4 nitrogen and oxygen atoms in total. The van der Waals surface area contributed by atoms with E-state index in [4.69, 9.17) is 0 Å². The van der Waals surface area contributed by atoms with Crippen LogP contribution in [0, 0.1) is 5.82 Å². The Labute approximate surface area is 180 Å². The first-order valence-electron chi connectivity index (χ1n) is 10.1. The van der Waals surface area contributed by atoms with E-state index in [2.05, 4.69) is 9.88 Å². The van der Waals surface area contributed by atoms with Crippen molar-refractivity contribution in [3.63, 3.8) is 0 Å². The average Bonchev–Trinajstić information content (AvgIpc) is 3.02. The summed E-state index contributed by atoms with van der Waals surface area (Å²) in [6, 6.07) is 20.3. The van der Waals surface area contributed by atoms with Crippen LogP contribution in [0.2, 0.25) is 0 Å². The fourth-order valence-corrected chi connectivity index (χ4v) is 4.48. The van der Waals surface area contributed by atoms with Gasteiger partial charge in [0, 0.05) is 43.8 Å². The highest BCUT2D eigenvalue weighted by molar-refractivity contribution is 7.99. The Hall–Kier alpha value is -2.70. The zero-order valence-corrected chi connectivity index (χ0v) is 17.5. The van der Waals surface area contributed by atoms with E-state index in [0.29, 0.717) is 12.1 Å². The van der Waals surface area contributed by atoms with Crippen LogP contribution in [0.5, 0.6) is 0 Å². The summed E-state index contributed by atoms with van der Waals surface area (Å²) in [4.78, 5) is 23.1. The van der Waals surface area contributed by atoms with Gasteiger partial charge in [0.05, 0.1) is 5.56 Å². The Balaban J connectivity index is 1.42. The number of pyridine rings is 1. The summed E-state index contributed by atoms with van der Waals surface area (Å²) in [6.07, 6.45) is 2.64. The third-order valence-electron chi connectivity index (χ3n) is 5.15. The topological polar surface area (TPSA) is 36.4 Å². The number of nitrogens with zero attached hydrogens (tertiary/aromatic N) is 3. The summed E-state index contributed by atoms with van der Waals surface area (Å²) < 4.78 is 13.1. The fourth-order valence-electron chi connectivity index (χ4n) is 3.59. The molecule has 154 valence electrons. The van der Waals surface area contributed by atoms with Crippen molar-refractivity contribution >= 4 is 17.7 Å². The predicted molar refractivity (Wildman–Crippen MR) is 117 cm³/mol. The minimum absolute atomic E-state index is 0.0326. The Morgan fingerprint density at radius 2 is 1.73 bits per heavy atom. The lowest BCUT2D eigenvalue weighted by Gasteiger charge is -2.22. The molecule has 4 rings (SSSR count). The summed E-state index contributed by atoms with van der Waals surface area (Å²) in [5.74, 6) is -0.183. The third kappa shape index (κ3) is 5.26. The van der Waals surface area contributed by atoms with Gasteiger partial charge in [0.15, 0.2) is 0 Å². The second-order valence-electron chi connectivity index (χ2n) is 7.32. The molecule has 0 unspecified atom stereocenters. The van der Waals surface area contributed by atoms with Gasteiger partial charge in [-0.1, -0.05) is 42.1 Å². The molecule has 0 bridgehead atoms. The maximum atomic E-state index is 13.3. The van der Waals surface area contributed by atoms with Gasteiger partial charge in [-0.3, -0.25) is 9.69 Å². The lowest BCUT2D eigenvalue weighted by molar-refractivity contribution is 0.0757. The van der Waals surface area contributed by atoms with Gasteiger partial charge in [-0.2, -0.15) is 0 Å². The molecule has 0 N–H and O–H groups in total.